The summed E-state index contributed by atoms with van der Waals surface area (Å²) >= 11 is 1.64. The van der Waals surface area contributed by atoms with Crippen LogP contribution in [0.4, 0.5) is 0 Å². The third kappa shape index (κ3) is 6.43. The zero-order chi connectivity index (χ0) is 22.1. The lowest BCUT2D eigenvalue weighted by atomic mass is 10.1. The third-order valence-corrected chi connectivity index (χ3v) is 5.26. The molecule has 3 rings (SSSR count). The molecule has 31 heavy (non-hydrogen) atoms. The van der Waals surface area contributed by atoms with Crippen LogP contribution in [0.3, 0.4) is 0 Å². The predicted octanol–water partition coefficient (Wildman–Crippen LogP) is 4.40. The Bertz CT molecular complexity index is 1100. The summed E-state index contributed by atoms with van der Waals surface area (Å²) in [5.41, 5.74) is 4.04. The number of methoxy groups -OCH3 is 1. The molecule has 3 aromatic rings. The van der Waals surface area contributed by atoms with E-state index in [1.807, 2.05) is 13.0 Å². The number of carbonyl (C=O) groups excluding carboxylic acids is 1. The minimum absolute atomic E-state index is 0.0543. The second-order valence-corrected chi connectivity index (χ2v) is 7.74. The Morgan fingerprint density at radius 1 is 1.23 bits per heavy atom. The lowest BCUT2D eigenvalue weighted by Gasteiger charge is -2.08. The van der Waals surface area contributed by atoms with Crippen molar-refractivity contribution in [1.82, 2.24) is 10.3 Å². The van der Waals surface area contributed by atoms with Gasteiger partial charge in [0, 0.05) is 23.6 Å². The molecular weight excluding hydrogens is 410 g/mol. The summed E-state index contributed by atoms with van der Waals surface area (Å²) in [7, 11) is 1.53. The summed E-state index contributed by atoms with van der Waals surface area (Å²) in [4.78, 5) is 16.6. The van der Waals surface area contributed by atoms with Gasteiger partial charge in [-0.05, 0) is 42.7 Å². The van der Waals surface area contributed by atoms with Crippen molar-refractivity contribution in [2.75, 3.05) is 20.3 Å². The van der Waals surface area contributed by atoms with Crippen LogP contribution in [0.2, 0.25) is 0 Å². The first-order valence-corrected chi connectivity index (χ1v) is 10.6. The molecule has 0 aliphatic heterocycles. The number of aryl methyl sites for hydroxylation is 1. The summed E-state index contributed by atoms with van der Waals surface area (Å²) in [6, 6.07) is 15.4. The topological polar surface area (TPSA) is 84.2 Å². The monoisotopic (exact) mass is 433 g/mol. The van der Waals surface area contributed by atoms with E-state index in [4.69, 9.17) is 14.7 Å². The van der Waals surface area contributed by atoms with Gasteiger partial charge in [0.25, 0.3) is 0 Å². The molecule has 0 spiro atoms. The molecule has 6 nitrogen and oxygen atoms in total. The minimum Gasteiger partial charge on any atom is -0.493 e. The van der Waals surface area contributed by atoms with Crippen LogP contribution in [0.15, 0.2) is 53.9 Å². The molecule has 1 heterocycles. The summed E-state index contributed by atoms with van der Waals surface area (Å²) in [6.45, 7) is 2.49. The van der Waals surface area contributed by atoms with E-state index in [1.54, 1.807) is 35.6 Å². The Kier molecular flexibility index (Phi) is 7.79. The van der Waals surface area contributed by atoms with Gasteiger partial charge in [-0.1, -0.05) is 30.3 Å². The highest BCUT2D eigenvalue weighted by atomic mass is 32.1. The fourth-order valence-corrected chi connectivity index (χ4v) is 3.54. The van der Waals surface area contributed by atoms with Crippen molar-refractivity contribution >= 4 is 23.3 Å². The Morgan fingerprint density at radius 3 is 2.71 bits per heavy atom. The van der Waals surface area contributed by atoms with E-state index in [-0.39, 0.29) is 12.5 Å². The quantitative estimate of drug-likeness (QED) is 0.506. The normalized spacial score (nSPS) is 10.6. The van der Waals surface area contributed by atoms with Crippen molar-refractivity contribution in [3.05, 3.63) is 70.1 Å². The fourth-order valence-electron chi connectivity index (χ4n) is 2.92. The molecule has 0 aliphatic carbocycles. The molecule has 1 N–H and O–H groups in total. The number of carbonyl (C=O) groups is 1. The van der Waals surface area contributed by atoms with Crippen LogP contribution in [0.25, 0.3) is 17.3 Å². The van der Waals surface area contributed by atoms with Crippen LogP contribution < -0.4 is 14.8 Å². The van der Waals surface area contributed by atoms with Gasteiger partial charge in [-0.15, -0.1) is 11.3 Å². The number of benzene rings is 2. The number of ether oxygens (including phenoxy) is 2. The van der Waals surface area contributed by atoms with Crippen molar-refractivity contribution in [2.45, 2.75) is 13.3 Å². The Hall–Kier alpha value is -3.63. The van der Waals surface area contributed by atoms with Crippen LogP contribution in [0.5, 0.6) is 11.5 Å². The summed E-state index contributed by atoms with van der Waals surface area (Å²) in [6.07, 6.45) is 3.93. The molecule has 0 unspecified atom stereocenters. The number of hydrogen-bond acceptors (Lipinski definition) is 6. The van der Waals surface area contributed by atoms with Crippen molar-refractivity contribution in [2.24, 2.45) is 0 Å². The van der Waals surface area contributed by atoms with Crippen molar-refractivity contribution in [3.8, 4) is 28.8 Å². The molecule has 0 radical (unpaired) electrons. The molecule has 1 aromatic heterocycles. The van der Waals surface area contributed by atoms with E-state index in [0.717, 1.165) is 33.8 Å². The number of aromatic nitrogens is 1. The molecule has 7 heteroatoms. The first-order chi connectivity index (χ1) is 15.1. The van der Waals surface area contributed by atoms with Gasteiger partial charge in [0.1, 0.15) is 6.07 Å². The van der Waals surface area contributed by atoms with E-state index in [2.05, 4.69) is 39.9 Å². The zero-order valence-corrected chi connectivity index (χ0v) is 18.2. The molecule has 0 bridgehead atoms. The second kappa shape index (κ2) is 11.0. The van der Waals surface area contributed by atoms with Gasteiger partial charge < -0.3 is 14.8 Å². The average Bonchev–Trinajstić information content (AvgIpc) is 3.23. The van der Waals surface area contributed by atoms with Crippen LogP contribution in [0.1, 0.15) is 16.1 Å². The molecule has 1 amide bonds. The predicted molar refractivity (Wildman–Crippen MR) is 122 cm³/mol. The number of nitriles is 1. The summed E-state index contributed by atoms with van der Waals surface area (Å²) in [5, 5.41) is 14.6. The number of thiazole rings is 1. The highest BCUT2D eigenvalue weighted by molar-refractivity contribution is 7.09. The van der Waals surface area contributed by atoms with Gasteiger partial charge >= 0.3 is 0 Å². The van der Waals surface area contributed by atoms with E-state index in [1.165, 1.54) is 13.2 Å². The highest BCUT2D eigenvalue weighted by Crippen LogP contribution is 2.28. The van der Waals surface area contributed by atoms with Gasteiger partial charge in [0.15, 0.2) is 18.1 Å². The van der Waals surface area contributed by atoms with Gasteiger partial charge in [0.2, 0.25) is 5.91 Å². The molecule has 0 fully saturated rings. The van der Waals surface area contributed by atoms with Crippen molar-refractivity contribution in [1.29, 1.82) is 5.26 Å². The fraction of sp³-hybridized carbons (Fsp3) is 0.208. The standard InChI is InChI=1S/C24H23N3O3S/c1-17-27-21(16-31-17)20-7-3-18(4-8-20)11-13-26-24(28)10-6-19-5-9-22(30-14-12-25)23(15-19)29-2/h3-10,15-16H,11,13-14H2,1-2H3,(H,26,28)/b10-6+. The largest absolute Gasteiger partial charge is 0.493 e. The minimum atomic E-state index is -0.168. The number of rotatable bonds is 9. The Balaban J connectivity index is 1.49. The number of nitrogens with one attached hydrogen (secondary N) is 1. The van der Waals surface area contributed by atoms with E-state index >= 15 is 0 Å². The molecule has 0 atom stereocenters. The molecule has 2 aromatic carbocycles. The maximum absolute atomic E-state index is 12.1. The van der Waals surface area contributed by atoms with E-state index in [9.17, 15) is 4.79 Å². The molecule has 0 saturated heterocycles. The lowest BCUT2D eigenvalue weighted by Crippen LogP contribution is -2.23. The van der Waals surface area contributed by atoms with Crippen LogP contribution in [0, 0.1) is 18.3 Å². The van der Waals surface area contributed by atoms with Gasteiger partial charge in [-0.2, -0.15) is 5.26 Å². The van der Waals surface area contributed by atoms with Crippen LogP contribution in [-0.4, -0.2) is 31.2 Å². The van der Waals surface area contributed by atoms with Crippen molar-refractivity contribution in [3.63, 3.8) is 0 Å². The SMILES string of the molecule is COc1cc(/C=C/C(=O)NCCc2ccc(-c3csc(C)n3)cc2)ccc1OCC#N. The van der Waals surface area contributed by atoms with Crippen LogP contribution in [-0.2, 0) is 11.2 Å². The van der Waals surface area contributed by atoms with Gasteiger partial charge in [-0.3, -0.25) is 4.79 Å². The molecule has 0 saturated carbocycles. The maximum atomic E-state index is 12.1. The average molecular weight is 434 g/mol. The lowest BCUT2D eigenvalue weighted by molar-refractivity contribution is -0.116. The van der Waals surface area contributed by atoms with E-state index in [0.29, 0.717) is 18.0 Å². The first kappa shape index (κ1) is 22.1. The Labute approximate surface area is 185 Å². The van der Waals surface area contributed by atoms with E-state index < -0.39 is 0 Å². The molecule has 158 valence electrons. The highest BCUT2D eigenvalue weighted by Gasteiger charge is 2.05. The van der Waals surface area contributed by atoms with Gasteiger partial charge in [0.05, 0.1) is 17.8 Å². The summed E-state index contributed by atoms with van der Waals surface area (Å²) in [5.74, 6) is 0.828. The zero-order valence-electron chi connectivity index (χ0n) is 17.4. The van der Waals surface area contributed by atoms with Crippen LogP contribution >= 0.6 is 11.3 Å². The smallest absolute Gasteiger partial charge is 0.244 e. The molecule has 0 aliphatic rings. The van der Waals surface area contributed by atoms with Crippen molar-refractivity contribution < 1.29 is 14.3 Å². The number of amides is 1. The number of nitrogens with zero attached hydrogens (tertiary/aromatic N) is 2. The first-order valence-electron chi connectivity index (χ1n) is 9.74. The van der Waals surface area contributed by atoms with Gasteiger partial charge in [-0.25, -0.2) is 4.98 Å². The summed E-state index contributed by atoms with van der Waals surface area (Å²) < 4.78 is 10.6. The molecular formula is C24H23N3O3S. The Morgan fingerprint density at radius 2 is 2.03 bits per heavy atom. The maximum Gasteiger partial charge on any atom is 0.244 e. The second-order valence-electron chi connectivity index (χ2n) is 6.68. The third-order valence-electron chi connectivity index (χ3n) is 4.49. The number of hydrogen-bond donors (Lipinski definition) is 1.